The molecule has 1 aromatic rings. The third-order valence-corrected chi connectivity index (χ3v) is 6.10. The monoisotopic (exact) mass is 389 g/mol. The summed E-state index contributed by atoms with van der Waals surface area (Å²) in [6.07, 6.45) is 1.52. The first kappa shape index (κ1) is 20.6. The van der Waals surface area contributed by atoms with Gasteiger partial charge in [0.15, 0.2) is 0 Å². The van der Waals surface area contributed by atoms with Crippen LogP contribution in [-0.4, -0.2) is 89.1 Å². The van der Waals surface area contributed by atoms with Gasteiger partial charge in [0.05, 0.1) is 5.56 Å². The van der Waals surface area contributed by atoms with E-state index in [2.05, 4.69) is 16.8 Å². The van der Waals surface area contributed by atoms with Crippen molar-refractivity contribution in [2.24, 2.45) is 5.92 Å². The minimum atomic E-state index is -0.795. The van der Waals surface area contributed by atoms with Crippen LogP contribution in [0.15, 0.2) is 18.2 Å². The first-order valence-electron chi connectivity index (χ1n) is 10.1. The van der Waals surface area contributed by atoms with Crippen LogP contribution in [0.1, 0.15) is 35.2 Å². The van der Waals surface area contributed by atoms with E-state index in [1.165, 1.54) is 0 Å². The van der Waals surface area contributed by atoms with Gasteiger partial charge in [0, 0.05) is 51.7 Å². The van der Waals surface area contributed by atoms with Crippen LogP contribution < -0.4 is 0 Å². The number of likely N-dealkylation sites (tertiary alicyclic amines) is 1. The second-order valence-electron chi connectivity index (χ2n) is 8.16. The maximum Gasteiger partial charge on any atom is 0.303 e. The number of hydrogen-bond acceptors (Lipinski definition) is 5. The number of hydrogen-bond donors (Lipinski definition) is 2. The smallest absolute Gasteiger partial charge is 0.303 e. The SMILES string of the molecule is Cc1ccc(C(=O)N2CC[C@H](N3CCN(C)CC3)[C@H](CCC(=O)O)C2)c(O)c1. The summed E-state index contributed by atoms with van der Waals surface area (Å²) >= 11 is 0. The van der Waals surface area contributed by atoms with Crippen molar-refractivity contribution in [1.29, 1.82) is 0 Å². The molecule has 3 rings (SSSR count). The zero-order valence-electron chi connectivity index (χ0n) is 16.8. The molecule has 2 N–H and O–H groups in total. The lowest BCUT2D eigenvalue weighted by molar-refractivity contribution is -0.137. The van der Waals surface area contributed by atoms with Gasteiger partial charge in [-0.05, 0) is 50.4 Å². The van der Waals surface area contributed by atoms with Crippen molar-refractivity contribution >= 4 is 11.9 Å². The molecule has 7 nitrogen and oxygen atoms in total. The molecule has 7 heteroatoms. The molecule has 2 atom stereocenters. The molecule has 28 heavy (non-hydrogen) atoms. The molecule has 0 spiro atoms. The number of aromatic hydroxyl groups is 1. The quantitative estimate of drug-likeness (QED) is 0.797. The number of aryl methyl sites for hydroxylation is 1. The van der Waals surface area contributed by atoms with Gasteiger partial charge >= 0.3 is 5.97 Å². The second kappa shape index (κ2) is 8.92. The molecule has 0 radical (unpaired) electrons. The number of piperidine rings is 1. The van der Waals surface area contributed by atoms with E-state index >= 15 is 0 Å². The first-order chi connectivity index (χ1) is 13.3. The molecule has 0 unspecified atom stereocenters. The van der Waals surface area contributed by atoms with Crippen LogP contribution in [0.25, 0.3) is 0 Å². The number of phenolic OH excluding ortho intramolecular Hbond substituents is 1. The molecule has 154 valence electrons. The molecular weight excluding hydrogens is 358 g/mol. The third kappa shape index (κ3) is 4.83. The summed E-state index contributed by atoms with van der Waals surface area (Å²) in [5.41, 5.74) is 1.22. The molecule has 0 bridgehead atoms. The molecule has 1 aromatic carbocycles. The number of piperazine rings is 1. The highest BCUT2D eigenvalue weighted by Gasteiger charge is 2.36. The average molecular weight is 389 g/mol. The fourth-order valence-electron chi connectivity index (χ4n) is 4.42. The lowest BCUT2D eigenvalue weighted by Gasteiger charge is -2.46. The lowest BCUT2D eigenvalue weighted by atomic mass is 9.86. The number of carbonyl (C=O) groups excluding carboxylic acids is 1. The topological polar surface area (TPSA) is 84.3 Å². The van der Waals surface area contributed by atoms with Crippen molar-refractivity contribution in [2.75, 3.05) is 46.3 Å². The Morgan fingerprint density at radius 2 is 1.86 bits per heavy atom. The Bertz CT molecular complexity index is 716. The maximum absolute atomic E-state index is 13.0. The van der Waals surface area contributed by atoms with Crippen molar-refractivity contribution in [3.05, 3.63) is 29.3 Å². The van der Waals surface area contributed by atoms with Gasteiger partial charge in [-0.2, -0.15) is 0 Å². The number of carboxylic acid groups (broad SMARTS) is 1. The van der Waals surface area contributed by atoms with E-state index < -0.39 is 5.97 Å². The summed E-state index contributed by atoms with van der Waals surface area (Å²) in [5, 5.41) is 19.3. The number of phenols is 1. The minimum absolute atomic E-state index is 0.00766. The van der Waals surface area contributed by atoms with E-state index in [0.717, 1.165) is 38.2 Å². The van der Waals surface area contributed by atoms with Crippen molar-refractivity contribution in [1.82, 2.24) is 14.7 Å². The highest BCUT2D eigenvalue weighted by Crippen LogP contribution is 2.29. The maximum atomic E-state index is 13.0. The fraction of sp³-hybridized carbons (Fsp3) is 0.619. The Balaban J connectivity index is 1.72. The summed E-state index contributed by atoms with van der Waals surface area (Å²) in [7, 11) is 2.12. The highest BCUT2D eigenvalue weighted by molar-refractivity contribution is 5.97. The van der Waals surface area contributed by atoms with E-state index in [9.17, 15) is 14.7 Å². The van der Waals surface area contributed by atoms with Crippen LogP contribution in [-0.2, 0) is 4.79 Å². The van der Waals surface area contributed by atoms with Crippen molar-refractivity contribution in [3.63, 3.8) is 0 Å². The molecule has 2 heterocycles. The van der Waals surface area contributed by atoms with E-state index in [0.29, 0.717) is 31.1 Å². The van der Waals surface area contributed by atoms with Gasteiger partial charge < -0.3 is 20.0 Å². The Labute approximate surface area is 166 Å². The normalized spacial score (nSPS) is 24.3. The summed E-state index contributed by atoms with van der Waals surface area (Å²) in [5.74, 6) is -0.829. The van der Waals surface area contributed by atoms with Gasteiger partial charge in [0.1, 0.15) is 5.75 Å². The van der Waals surface area contributed by atoms with Crippen LogP contribution in [0.2, 0.25) is 0 Å². The van der Waals surface area contributed by atoms with E-state index in [-0.39, 0.29) is 24.0 Å². The van der Waals surface area contributed by atoms with Crippen LogP contribution in [0.5, 0.6) is 5.75 Å². The number of rotatable bonds is 5. The van der Waals surface area contributed by atoms with Crippen molar-refractivity contribution in [2.45, 2.75) is 32.2 Å². The summed E-state index contributed by atoms with van der Waals surface area (Å²) in [6.45, 7) is 7.04. The predicted molar refractivity (Wildman–Crippen MR) is 107 cm³/mol. The van der Waals surface area contributed by atoms with E-state index in [1.54, 1.807) is 17.0 Å². The van der Waals surface area contributed by atoms with Crippen LogP contribution in [0, 0.1) is 12.8 Å². The second-order valence-corrected chi connectivity index (χ2v) is 8.16. The van der Waals surface area contributed by atoms with Gasteiger partial charge in [-0.1, -0.05) is 6.07 Å². The number of benzene rings is 1. The van der Waals surface area contributed by atoms with Gasteiger partial charge in [0.25, 0.3) is 5.91 Å². The molecule has 2 fully saturated rings. The van der Waals surface area contributed by atoms with Gasteiger partial charge in [-0.3, -0.25) is 14.5 Å². The Morgan fingerprint density at radius 3 is 2.50 bits per heavy atom. The fourth-order valence-corrected chi connectivity index (χ4v) is 4.42. The molecule has 1 amide bonds. The highest BCUT2D eigenvalue weighted by atomic mass is 16.4. The number of nitrogens with zero attached hydrogens (tertiary/aromatic N) is 3. The third-order valence-electron chi connectivity index (χ3n) is 6.10. The summed E-state index contributed by atoms with van der Waals surface area (Å²) in [4.78, 5) is 30.7. The standard InChI is InChI=1S/C21H31N3O4/c1-15-3-5-17(19(25)13-15)21(28)24-8-7-18(16(14-24)4-6-20(26)27)23-11-9-22(2)10-12-23/h3,5,13,16,18,25H,4,6-12,14H2,1-2H3,(H,26,27)/t16-,18+/m1/s1. The van der Waals surface area contributed by atoms with Crippen LogP contribution >= 0.6 is 0 Å². The van der Waals surface area contributed by atoms with Crippen molar-refractivity contribution in [3.8, 4) is 5.75 Å². The predicted octanol–water partition coefficient (Wildman–Crippen LogP) is 1.64. The average Bonchev–Trinajstić information content (AvgIpc) is 2.66. The molecule has 0 aromatic heterocycles. The largest absolute Gasteiger partial charge is 0.507 e. The van der Waals surface area contributed by atoms with E-state index in [1.807, 2.05) is 13.0 Å². The van der Waals surface area contributed by atoms with Gasteiger partial charge in [-0.15, -0.1) is 0 Å². The lowest BCUT2D eigenvalue weighted by Crippen LogP contribution is -2.57. The van der Waals surface area contributed by atoms with Crippen LogP contribution in [0.3, 0.4) is 0 Å². The molecule has 2 saturated heterocycles. The molecule has 0 saturated carbocycles. The Kier molecular flexibility index (Phi) is 6.57. The molecule has 2 aliphatic heterocycles. The zero-order valence-corrected chi connectivity index (χ0v) is 16.8. The Morgan fingerprint density at radius 1 is 1.14 bits per heavy atom. The van der Waals surface area contributed by atoms with Gasteiger partial charge in [0.2, 0.25) is 0 Å². The zero-order chi connectivity index (χ0) is 20.3. The number of carboxylic acids is 1. The van der Waals surface area contributed by atoms with E-state index in [4.69, 9.17) is 5.11 Å². The molecule has 2 aliphatic rings. The first-order valence-corrected chi connectivity index (χ1v) is 10.1. The van der Waals surface area contributed by atoms with Crippen molar-refractivity contribution < 1.29 is 19.8 Å². The summed E-state index contributed by atoms with van der Waals surface area (Å²) < 4.78 is 0. The Hall–Kier alpha value is -2.12. The number of likely N-dealkylation sites (N-methyl/N-ethyl adjacent to an activating group) is 1. The number of aliphatic carboxylic acids is 1. The summed E-state index contributed by atoms with van der Waals surface area (Å²) in [6, 6.07) is 5.41. The molecular formula is C21H31N3O4. The minimum Gasteiger partial charge on any atom is -0.507 e. The molecule has 0 aliphatic carbocycles. The van der Waals surface area contributed by atoms with Crippen LogP contribution in [0.4, 0.5) is 0 Å². The van der Waals surface area contributed by atoms with Gasteiger partial charge in [-0.25, -0.2) is 0 Å². The number of carbonyl (C=O) groups is 2. The number of amides is 1.